The van der Waals surface area contributed by atoms with Gasteiger partial charge < -0.3 is 14.5 Å². The monoisotopic (exact) mass is 300 g/mol. The van der Waals surface area contributed by atoms with Crippen LogP contribution in [0.3, 0.4) is 0 Å². The standard InChI is InChI=1S/C17H21N3O2/c1-3-22-17(21)15(13-18)12-14-6-4-5-7-16(14)20-10-8-19(2)9-11-20/h4-7,12H,3,8-11H2,1-2H3/p+1/b15-12-. The molecule has 0 atom stereocenters. The summed E-state index contributed by atoms with van der Waals surface area (Å²) in [7, 11) is 2.19. The van der Waals surface area contributed by atoms with E-state index in [1.165, 1.54) is 4.90 Å². The molecule has 5 heteroatoms. The van der Waals surface area contributed by atoms with E-state index in [0.717, 1.165) is 37.4 Å². The molecule has 0 amide bonds. The number of carbonyl (C=O) groups excluding carboxylic acids is 1. The van der Waals surface area contributed by atoms with Crippen LogP contribution in [-0.2, 0) is 9.53 Å². The third kappa shape index (κ3) is 3.86. The molecule has 1 fully saturated rings. The molecule has 1 aliphatic rings. The number of hydrogen-bond acceptors (Lipinski definition) is 4. The van der Waals surface area contributed by atoms with Crippen LogP contribution in [0.4, 0.5) is 5.69 Å². The highest BCUT2D eigenvalue weighted by molar-refractivity contribution is 5.98. The van der Waals surface area contributed by atoms with Crippen molar-refractivity contribution in [3.63, 3.8) is 0 Å². The molecule has 0 spiro atoms. The smallest absolute Gasteiger partial charge is 0.348 e. The van der Waals surface area contributed by atoms with Gasteiger partial charge in [-0.3, -0.25) is 0 Å². The quantitative estimate of drug-likeness (QED) is 0.499. The number of esters is 1. The fraction of sp³-hybridized carbons (Fsp3) is 0.412. The molecule has 0 aromatic heterocycles. The van der Waals surface area contributed by atoms with Gasteiger partial charge in [-0.15, -0.1) is 0 Å². The molecule has 1 aromatic carbocycles. The van der Waals surface area contributed by atoms with Crippen molar-refractivity contribution in [2.24, 2.45) is 0 Å². The maximum atomic E-state index is 11.8. The molecule has 1 N–H and O–H groups in total. The van der Waals surface area contributed by atoms with Crippen molar-refractivity contribution in [3.8, 4) is 6.07 Å². The minimum atomic E-state index is -0.567. The molecule has 1 aromatic rings. The van der Waals surface area contributed by atoms with Gasteiger partial charge in [0.05, 0.1) is 39.8 Å². The molecule has 0 bridgehead atoms. The largest absolute Gasteiger partial charge is 0.462 e. The van der Waals surface area contributed by atoms with E-state index in [1.807, 2.05) is 30.3 Å². The zero-order chi connectivity index (χ0) is 15.9. The summed E-state index contributed by atoms with van der Waals surface area (Å²) in [5.41, 5.74) is 1.98. The van der Waals surface area contributed by atoms with Gasteiger partial charge in [0, 0.05) is 5.69 Å². The number of quaternary nitrogens is 1. The Balaban J connectivity index is 2.28. The molecule has 2 rings (SSSR count). The molecule has 1 heterocycles. The van der Waals surface area contributed by atoms with E-state index in [9.17, 15) is 10.1 Å². The summed E-state index contributed by atoms with van der Waals surface area (Å²) in [6.07, 6.45) is 1.62. The zero-order valence-electron chi connectivity index (χ0n) is 13.1. The number of hydrogen-bond donors (Lipinski definition) is 1. The Hall–Kier alpha value is -2.32. The number of carbonyl (C=O) groups is 1. The third-order valence-electron chi connectivity index (χ3n) is 3.81. The van der Waals surface area contributed by atoms with Gasteiger partial charge in [0.25, 0.3) is 0 Å². The number of likely N-dealkylation sites (N-methyl/N-ethyl adjacent to an activating group) is 1. The molecule has 116 valence electrons. The van der Waals surface area contributed by atoms with E-state index in [0.29, 0.717) is 0 Å². The average molecular weight is 300 g/mol. The number of piperazine rings is 1. The molecule has 5 nitrogen and oxygen atoms in total. The van der Waals surface area contributed by atoms with Crippen molar-refractivity contribution in [2.45, 2.75) is 6.92 Å². The minimum absolute atomic E-state index is 0.0362. The Labute approximate surface area is 131 Å². The highest BCUT2D eigenvalue weighted by Crippen LogP contribution is 2.23. The predicted octanol–water partition coefficient (Wildman–Crippen LogP) is 0.491. The van der Waals surface area contributed by atoms with Crippen LogP contribution >= 0.6 is 0 Å². The van der Waals surface area contributed by atoms with Crippen molar-refractivity contribution in [3.05, 3.63) is 35.4 Å². The summed E-state index contributed by atoms with van der Waals surface area (Å²) >= 11 is 0. The Morgan fingerprint density at radius 2 is 2.09 bits per heavy atom. The lowest BCUT2D eigenvalue weighted by atomic mass is 10.1. The van der Waals surface area contributed by atoms with Crippen molar-refractivity contribution in [2.75, 3.05) is 44.7 Å². The van der Waals surface area contributed by atoms with E-state index in [-0.39, 0.29) is 12.2 Å². The summed E-state index contributed by atoms with van der Waals surface area (Å²) < 4.78 is 4.92. The summed E-state index contributed by atoms with van der Waals surface area (Å²) in [6, 6.07) is 9.79. The number of nitrogens with one attached hydrogen (secondary N) is 1. The Morgan fingerprint density at radius 3 is 2.73 bits per heavy atom. The Kier molecular flexibility index (Phi) is 5.56. The van der Waals surface area contributed by atoms with Crippen LogP contribution in [-0.4, -0.2) is 45.8 Å². The van der Waals surface area contributed by atoms with Crippen molar-refractivity contribution >= 4 is 17.7 Å². The van der Waals surface area contributed by atoms with E-state index in [2.05, 4.69) is 11.9 Å². The van der Waals surface area contributed by atoms with Crippen molar-refractivity contribution in [1.82, 2.24) is 0 Å². The van der Waals surface area contributed by atoms with E-state index < -0.39 is 5.97 Å². The lowest BCUT2D eigenvalue weighted by molar-refractivity contribution is -0.880. The van der Waals surface area contributed by atoms with Crippen LogP contribution in [0.1, 0.15) is 12.5 Å². The summed E-state index contributed by atoms with van der Waals surface area (Å²) in [5, 5.41) is 9.18. The van der Waals surface area contributed by atoms with Crippen LogP contribution < -0.4 is 9.80 Å². The zero-order valence-corrected chi connectivity index (χ0v) is 13.1. The Bertz CT molecular complexity index is 596. The van der Waals surface area contributed by atoms with Crippen LogP contribution in [0, 0.1) is 11.3 Å². The maximum Gasteiger partial charge on any atom is 0.348 e. The molecular weight excluding hydrogens is 278 g/mol. The first-order valence-electron chi connectivity index (χ1n) is 7.60. The summed E-state index contributed by atoms with van der Waals surface area (Å²) in [5.74, 6) is -0.567. The van der Waals surface area contributed by atoms with Crippen molar-refractivity contribution in [1.29, 1.82) is 5.26 Å². The number of ether oxygens (including phenoxy) is 1. The molecule has 1 aliphatic heterocycles. The highest BCUT2D eigenvalue weighted by atomic mass is 16.5. The van der Waals surface area contributed by atoms with E-state index >= 15 is 0 Å². The fourth-order valence-electron chi connectivity index (χ4n) is 2.53. The lowest BCUT2D eigenvalue weighted by Gasteiger charge is -2.32. The molecule has 0 unspecified atom stereocenters. The number of para-hydroxylation sites is 1. The number of benzene rings is 1. The predicted molar refractivity (Wildman–Crippen MR) is 85.5 cm³/mol. The second-order valence-corrected chi connectivity index (χ2v) is 5.39. The van der Waals surface area contributed by atoms with E-state index in [4.69, 9.17) is 4.74 Å². The minimum Gasteiger partial charge on any atom is -0.462 e. The first-order valence-corrected chi connectivity index (χ1v) is 7.60. The topological polar surface area (TPSA) is 57.8 Å². The fourth-order valence-corrected chi connectivity index (χ4v) is 2.53. The van der Waals surface area contributed by atoms with Crippen molar-refractivity contribution < 1.29 is 14.4 Å². The van der Waals surface area contributed by atoms with Gasteiger partial charge in [0.1, 0.15) is 11.6 Å². The first-order chi connectivity index (χ1) is 10.7. The Morgan fingerprint density at radius 1 is 1.41 bits per heavy atom. The molecule has 22 heavy (non-hydrogen) atoms. The average Bonchev–Trinajstić information content (AvgIpc) is 2.54. The molecular formula is C17H22N3O2+. The number of nitrogens with zero attached hydrogens (tertiary/aromatic N) is 2. The van der Waals surface area contributed by atoms with Crippen LogP contribution in [0.5, 0.6) is 0 Å². The van der Waals surface area contributed by atoms with Crippen LogP contribution in [0.2, 0.25) is 0 Å². The van der Waals surface area contributed by atoms with Gasteiger partial charge in [-0.2, -0.15) is 5.26 Å². The van der Waals surface area contributed by atoms with Gasteiger partial charge in [0.15, 0.2) is 0 Å². The SMILES string of the molecule is CCOC(=O)/C(C#N)=C\c1ccccc1N1CC[NH+](C)CC1. The number of anilines is 1. The maximum absolute atomic E-state index is 11.8. The van der Waals surface area contributed by atoms with E-state index in [1.54, 1.807) is 13.0 Å². The lowest BCUT2D eigenvalue weighted by Crippen LogP contribution is -3.12. The van der Waals surface area contributed by atoms with Crippen LogP contribution in [0.15, 0.2) is 29.8 Å². The molecule has 1 saturated heterocycles. The second kappa shape index (κ2) is 7.62. The summed E-state index contributed by atoms with van der Waals surface area (Å²) in [6.45, 7) is 6.10. The van der Waals surface area contributed by atoms with Gasteiger partial charge in [-0.1, -0.05) is 18.2 Å². The third-order valence-corrected chi connectivity index (χ3v) is 3.81. The second-order valence-electron chi connectivity index (χ2n) is 5.39. The van der Waals surface area contributed by atoms with Gasteiger partial charge >= 0.3 is 5.97 Å². The molecule has 0 saturated carbocycles. The number of nitriles is 1. The first kappa shape index (κ1) is 16.1. The van der Waals surface area contributed by atoms with Gasteiger partial charge in [0.2, 0.25) is 0 Å². The number of rotatable bonds is 4. The van der Waals surface area contributed by atoms with Crippen LogP contribution in [0.25, 0.3) is 6.08 Å². The van der Waals surface area contributed by atoms with Gasteiger partial charge in [-0.05, 0) is 24.6 Å². The highest BCUT2D eigenvalue weighted by Gasteiger charge is 2.19. The molecule has 0 radical (unpaired) electrons. The summed E-state index contributed by atoms with van der Waals surface area (Å²) in [4.78, 5) is 15.6. The molecule has 0 aliphatic carbocycles. The normalized spacial score (nSPS) is 16.2. The van der Waals surface area contributed by atoms with Gasteiger partial charge in [-0.25, -0.2) is 4.79 Å².